The first-order valence-corrected chi connectivity index (χ1v) is 8.03. The molecule has 1 saturated carbocycles. The van der Waals surface area contributed by atoms with Crippen LogP contribution in [0, 0.1) is 5.92 Å². The zero-order valence-corrected chi connectivity index (χ0v) is 13.9. The summed E-state index contributed by atoms with van der Waals surface area (Å²) in [6.07, 6.45) is 5.88. The van der Waals surface area contributed by atoms with E-state index < -0.39 is 0 Å². The molecule has 0 bridgehead atoms. The van der Waals surface area contributed by atoms with Crippen molar-refractivity contribution in [1.29, 1.82) is 0 Å². The molecule has 0 spiro atoms. The van der Waals surface area contributed by atoms with E-state index in [-0.39, 0.29) is 11.3 Å². The Morgan fingerprint density at radius 1 is 1.29 bits per heavy atom. The Labute approximate surface area is 127 Å². The second-order valence-corrected chi connectivity index (χ2v) is 7.26. The van der Waals surface area contributed by atoms with Crippen LogP contribution in [0.3, 0.4) is 0 Å². The Morgan fingerprint density at radius 2 is 1.90 bits per heavy atom. The van der Waals surface area contributed by atoms with Crippen molar-refractivity contribution < 1.29 is 4.79 Å². The number of nitrogens with zero attached hydrogens (tertiary/aromatic N) is 3. The van der Waals surface area contributed by atoms with Crippen molar-refractivity contribution in [2.75, 3.05) is 7.05 Å². The molecule has 5 nitrogen and oxygen atoms in total. The highest BCUT2D eigenvalue weighted by atomic mass is 16.2. The molecular weight excluding hydrogens is 264 g/mol. The number of aromatic nitrogens is 3. The first-order valence-electron chi connectivity index (χ1n) is 8.03. The topological polar surface area (TPSA) is 61.9 Å². The van der Waals surface area contributed by atoms with E-state index in [4.69, 9.17) is 0 Å². The first kappa shape index (κ1) is 16.0. The number of rotatable bonds is 3. The molecule has 1 aromatic rings. The Bertz CT molecular complexity index is 481. The summed E-state index contributed by atoms with van der Waals surface area (Å²) in [5.74, 6) is 1.82. The maximum Gasteiger partial charge on any atom is 0.293 e. The van der Waals surface area contributed by atoms with Gasteiger partial charge in [-0.25, -0.2) is 4.98 Å². The van der Waals surface area contributed by atoms with E-state index in [0.29, 0.717) is 11.9 Å². The lowest BCUT2D eigenvalue weighted by molar-refractivity contribution is 0.0662. The molecule has 1 N–H and O–H groups in total. The summed E-state index contributed by atoms with van der Waals surface area (Å²) in [7, 11) is 1.88. The number of nitrogens with one attached hydrogen (secondary N) is 1. The van der Waals surface area contributed by atoms with Gasteiger partial charge >= 0.3 is 0 Å². The minimum Gasteiger partial charge on any atom is -0.336 e. The predicted octanol–water partition coefficient (Wildman–Crippen LogP) is 3.14. The lowest BCUT2D eigenvalue weighted by Crippen LogP contribution is -2.40. The zero-order valence-electron chi connectivity index (χ0n) is 13.9. The van der Waals surface area contributed by atoms with Crippen LogP contribution >= 0.6 is 0 Å². The van der Waals surface area contributed by atoms with Crippen LogP contribution in [0.1, 0.15) is 76.2 Å². The molecule has 1 heterocycles. The first-order chi connectivity index (χ1) is 9.82. The van der Waals surface area contributed by atoms with Crippen LogP contribution in [-0.4, -0.2) is 39.1 Å². The van der Waals surface area contributed by atoms with E-state index in [1.165, 1.54) is 19.3 Å². The number of aromatic amines is 1. The molecule has 0 aromatic carbocycles. The third-order valence-electron chi connectivity index (χ3n) is 4.65. The van der Waals surface area contributed by atoms with Crippen LogP contribution in [0.4, 0.5) is 0 Å². The van der Waals surface area contributed by atoms with Crippen LogP contribution in [-0.2, 0) is 5.41 Å². The number of carbonyl (C=O) groups excluding carboxylic acids is 1. The maximum absolute atomic E-state index is 12.5. The SMILES string of the molecule is CCC1CCC(N(C)C(=O)c2n[nH]c(C(C)(C)C)n2)CC1. The second kappa shape index (κ2) is 6.16. The number of carbonyl (C=O) groups is 1. The van der Waals surface area contributed by atoms with Gasteiger partial charge in [-0.1, -0.05) is 34.1 Å². The third kappa shape index (κ3) is 3.63. The Hall–Kier alpha value is -1.39. The zero-order chi connectivity index (χ0) is 15.6. The van der Waals surface area contributed by atoms with Crippen LogP contribution in [0.5, 0.6) is 0 Å². The molecule has 1 aromatic heterocycles. The fourth-order valence-electron chi connectivity index (χ4n) is 2.96. The molecule has 0 aliphatic heterocycles. The fourth-order valence-corrected chi connectivity index (χ4v) is 2.96. The van der Waals surface area contributed by atoms with Gasteiger partial charge in [0.2, 0.25) is 5.82 Å². The number of H-pyrrole nitrogens is 1. The fraction of sp³-hybridized carbons (Fsp3) is 0.812. The van der Waals surface area contributed by atoms with E-state index in [1.54, 1.807) is 0 Å². The van der Waals surface area contributed by atoms with Gasteiger partial charge in [0.1, 0.15) is 5.82 Å². The highest BCUT2D eigenvalue weighted by Crippen LogP contribution is 2.29. The minimum atomic E-state index is -0.122. The summed E-state index contributed by atoms with van der Waals surface area (Å²) in [4.78, 5) is 18.7. The normalized spacial score (nSPS) is 23.1. The van der Waals surface area contributed by atoms with Crippen molar-refractivity contribution in [2.24, 2.45) is 5.92 Å². The van der Waals surface area contributed by atoms with Crippen molar-refractivity contribution >= 4 is 5.91 Å². The predicted molar refractivity (Wildman–Crippen MR) is 83.2 cm³/mol. The molecule has 1 aliphatic carbocycles. The molecule has 0 unspecified atom stereocenters. The smallest absolute Gasteiger partial charge is 0.293 e. The van der Waals surface area contributed by atoms with E-state index in [0.717, 1.165) is 24.6 Å². The average Bonchev–Trinajstić information content (AvgIpc) is 2.95. The molecular formula is C16H28N4O. The Balaban J connectivity index is 2.01. The summed E-state index contributed by atoms with van der Waals surface area (Å²) < 4.78 is 0. The quantitative estimate of drug-likeness (QED) is 0.931. The van der Waals surface area contributed by atoms with E-state index in [9.17, 15) is 4.79 Å². The largest absolute Gasteiger partial charge is 0.336 e. The molecule has 1 fully saturated rings. The van der Waals surface area contributed by atoms with Crippen molar-refractivity contribution in [3.05, 3.63) is 11.6 Å². The van der Waals surface area contributed by atoms with E-state index in [2.05, 4.69) is 42.9 Å². The summed E-state index contributed by atoms with van der Waals surface area (Å²) in [6, 6.07) is 0.330. The van der Waals surface area contributed by atoms with Crippen LogP contribution < -0.4 is 0 Å². The molecule has 2 rings (SSSR count). The van der Waals surface area contributed by atoms with Crippen molar-refractivity contribution in [2.45, 2.75) is 71.3 Å². The third-order valence-corrected chi connectivity index (χ3v) is 4.65. The number of hydrogen-bond acceptors (Lipinski definition) is 3. The van der Waals surface area contributed by atoms with Crippen LogP contribution in [0.15, 0.2) is 0 Å². The van der Waals surface area contributed by atoms with Gasteiger partial charge < -0.3 is 4.90 Å². The van der Waals surface area contributed by atoms with Gasteiger partial charge in [0, 0.05) is 18.5 Å². The highest BCUT2D eigenvalue weighted by molar-refractivity contribution is 5.90. The number of amides is 1. The van der Waals surface area contributed by atoms with Gasteiger partial charge in [-0.2, -0.15) is 0 Å². The van der Waals surface area contributed by atoms with Crippen molar-refractivity contribution in [1.82, 2.24) is 20.1 Å². The lowest BCUT2D eigenvalue weighted by atomic mass is 9.84. The standard InChI is InChI=1S/C16H28N4O/c1-6-11-7-9-12(10-8-11)20(5)14(21)13-17-15(19-18-13)16(2,3)4/h11-12H,6-10H2,1-5H3,(H,17,18,19). The molecule has 118 valence electrons. The minimum absolute atomic E-state index is 0.0679. The summed E-state index contributed by atoms with van der Waals surface area (Å²) >= 11 is 0. The maximum atomic E-state index is 12.5. The second-order valence-electron chi connectivity index (χ2n) is 7.26. The summed E-state index contributed by atoms with van der Waals surface area (Å²) in [5, 5.41) is 6.99. The van der Waals surface area contributed by atoms with Crippen molar-refractivity contribution in [3.63, 3.8) is 0 Å². The average molecular weight is 292 g/mol. The van der Waals surface area contributed by atoms with Crippen LogP contribution in [0.25, 0.3) is 0 Å². The Kier molecular flexibility index (Phi) is 4.69. The van der Waals surface area contributed by atoms with Gasteiger partial charge in [-0.3, -0.25) is 9.89 Å². The van der Waals surface area contributed by atoms with Crippen LogP contribution in [0.2, 0.25) is 0 Å². The van der Waals surface area contributed by atoms with Gasteiger partial charge in [0.15, 0.2) is 0 Å². The van der Waals surface area contributed by atoms with Gasteiger partial charge in [0.05, 0.1) is 0 Å². The monoisotopic (exact) mass is 292 g/mol. The summed E-state index contributed by atoms with van der Waals surface area (Å²) in [5.41, 5.74) is -0.122. The highest BCUT2D eigenvalue weighted by Gasteiger charge is 2.29. The Morgan fingerprint density at radius 3 is 2.38 bits per heavy atom. The summed E-state index contributed by atoms with van der Waals surface area (Å²) in [6.45, 7) is 8.41. The van der Waals surface area contributed by atoms with E-state index in [1.807, 2.05) is 11.9 Å². The van der Waals surface area contributed by atoms with Gasteiger partial charge in [0.25, 0.3) is 5.91 Å². The number of hydrogen-bond donors (Lipinski definition) is 1. The van der Waals surface area contributed by atoms with E-state index >= 15 is 0 Å². The molecule has 1 amide bonds. The molecule has 0 atom stereocenters. The lowest BCUT2D eigenvalue weighted by Gasteiger charge is -2.33. The molecule has 1 aliphatic rings. The van der Waals surface area contributed by atoms with Gasteiger partial charge in [-0.05, 0) is 31.6 Å². The van der Waals surface area contributed by atoms with Crippen molar-refractivity contribution in [3.8, 4) is 0 Å². The molecule has 5 heteroatoms. The molecule has 0 saturated heterocycles. The molecule has 0 radical (unpaired) electrons. The molecule has 21 heavy (non-hydrogen) atoms. The van der Waals surface area contributed by atoms with Gasteiger partial charge in [-0.15, -0.1) is 5.10 Å².